The molecule has 0 aliphatic rings. The minimum absolute atomic E-state index is 0.0594. The van der Waals surface area contributed by atoms with E-state index < -0.39 is 0 Å². The molecule has 1 heterocycles. The molecule has 2 rings (SSSR count). The van der Waals surface area contributed by atoms with E-state index >= 15 is 0 Å². The molecular weight excluding hydrogens is 234 g/mol. The molecule has 1 atom stereocenters. The SMILES string of the molecule is CCNC(c1ccnnc1)c1ccccc1Cl. The van der Waals surface area contributed by atoms with Crippen molar-refractivity contribution in [2.75, 3.05) is 6.54 Å². The molecule has 0 saturated heterocycles. The topological polar surface area (TPSA) is 37.8 Å². The molecule has 0 aliphatic carbocycles. The van der Waals surface area contributed by atoms with Crippen LogP contribution in [0.2, 0.25) is 5.02 Å². The fourth-order valence-corrected chi connectivity index (χ4v) is 2.04. The van der Waals surface area contributed by atoms with Crippen molar-refractivity contribution in [2.24, 2.45) is 0 Å². The lowest BCUT2D eigenvalue weighted by Gasteiger charge is -2.19. The van der Waals surface area contributed by atoms with Gasteiger partial charge in [-0.15, -0.1) is 0 Å². The first kappa shape index (κ1) is 12.0. The summed E-state index contributed by atoms with van der Waals surface area (Å²) in [6.45, 7) is 2.93. The Balaban J connectivity index is 2.39. The third kappa shape index (κ3) is 2.81. The lowest BCUT2D eigenvalue weighted by atomic mass is 10.0. The first-order valence-electron chi connectivity index (χ1n) is 5.57. The smallest absolute Gasteiger partial charge is 0.0607 e. The van der Waals surface area contributed by atoms with Gasteiger partial charge in [-0.2, -0.15) is 10.2 Å². The molecular formula is C13H14ClN3. The van der Waals surface area contributed by atoms with Gasteiger partial charge in [0.15, 0.2) is 0 Å². The molecule has 1 N–H and O–H groups in total. The molecule has 1 aromatic carbocycles. The Morgan fingerprint density at radius 2 is 2.06 bits per heavy atom. The van der Waals surface area contributed by atoms with Crippen LogP contribution in [0.1, 0.15) is 24.1 Å². The summed E-state index contributed by atoms with van der Waals surface area (Å²) < 4.78 is 0. The van der Waals surface area contributed by atoms with Gasteiger partial charge in [0.25, 0.3) is 0 Å². The summed E-state index contributed by atoms with van der Waals surface area (Å²) in [5, 5.41) is 11.9. The fraction of sp³-hybridized carbons (Fsp3) is 0.231. The largest absolute Gasteiger partial charge is 0.306 e. The second-order valence-corrected chi connectivity index (χ2v) is 4.10. The third-order valence-corrected chi connectivity index (χ3v) is 2.91. The van der Waals surface area contributed by atoms with Crippen LogP contribution in [0, 0.1) is 0 Å². The second kappa shape index (κ2) is 5.75. The molecule has 3 nitrogen and oxygen atoms in total. The van der Waals surface area contributed by atoms with Gasteiger partial charge in [-0.05, 0) is 29.8 Å². The molecule has 0 aliphatic heterocycles. The number of nitrogens with one attached hydrogen (secondary N) is 1. The van der Waals surface area contributed by atoms with Crippen LogP contribution >= 0.6 is 11.6 Å². The van der Waals surface area contributed by atoms with Crippen molar-refractivity contribution in [1.82, 2.24) is 15.5 Å². The van der Waals surface area contributed by atoms with Crippen LogP contribution in [0.4, 0.5) is 0 Å². The van der Waals surface area contributed by atoms with Crippen LogP contribution < -0.4 is 5.32 Å². The van der Waals surface area contributed by atoms with Crippen LogP contribution in [0.25, 0.3) is 0 Å². The number of halogens is 1. The van der Waals surface area contributed by atoms with E-state index in [2.05, 4.69) is 22.4 Å². The van der Waals surface area contributed by atoms with E-state index in [1.54, 1.807) is 12.4 Å². The highest BCUT2D eigenvalue weighted by atomic mass is 35.5. The summed E-state index contributed by atoms with van der Waals surface area (Å²) >= 11 is 6.23. The van der Waals surface area contributed by atoms with Crippen LogP contribution in [0.3, 0.4) is 0 Å². The van der Waals surface area contributed by atoms with Crippen molar-refractivity contribution in [3.05, 3.63) is 58.9 Å². The zero-order chi connectivity index (χ0) is 12.1. The van der Waals surface area contributed by atoms with E-state index in [9.17, 15) is 0 Å². The summed E-state index contributed by atoms with van der Waals surface area (Å²) in [5.74, 6) is 0. The summed E-state index contributed by atoms with van der Waals surface area (Å²) in [6.07, 6.45) is 3.45. The third-order valence-electron chi connectivity index (χ3n) is 2.56. The molecule has 0 radical (unpaired) electrons. The van der Waals surface area contributed by atoms with E-state index in [1.165, 1.54) is 0 Å². The van der Waals surface area contributed by atoms with Gasteiger partial charge >= 0.3 is 0 Å². The maximum atomic E-state index is 6.23. The lowest BCUT2D eigenvalue weighted by Crippen LogP contribution is -2.22. The van der Waals surface area contributed by atoms with E-state index in [-0.39, 0.29) is 6.04 Å². The summed E-state index contributed by atoms with van der Waals surface area (Å²) in [5.41, 5.74) is 2.12. The summed E-state index contributed by atoms with van der Waals surface area (Å²) in [7, 11) is 0. The highest BCUT2D eigenvalue weighted by Gasteiger charge is 2.15. The van der Waals surface area contributed by atoms with Gasteiger partial charge in [-0.1, -0.05) is 36.7 Å². The molecule has 1 aromatic heterocycles. The van der Waals surface area contributed by atoms with Crippen molar-refractivity contribution in [1.29, 1.82) is 0 Å². The molecule has 0 amide bonds. The molecule has 4 heteroatoms. The van der Waals surface area contributed by atoms with Crippen LogP contribution in [0.15, 0.2) is 42.7 Å². The van der Waals surface area contributed by atoms with Gasteiger partial charge < -0.3 is 5.32 Å². The van der Waals surface area contributed by atoms with E-state index in [4.69, 9.17) is 11.6 Å². The Kier molecular flexibility index (Phi) is 4.07. The monoisotopic (exact) mass is 247 g/mol. The van der Waals surface area contributed by atoms with Crippen molar-refractivity contribution < 1.29 is 0 Å². The Bertz CT molecular complexity index is 473. The fourth-order valence-electron chi connectivity index (χ4n) is 1.79. The average Bonchev–Trinajstić information content (AvgIpc) is 2.38. The first-order chi connectivity index (χ1) is 8.33. The van der Waals surface area contributed by atoms with Crippen LogP contribution in [-0.2, 0) is 0 Å². The summed E-state index contributed by atoms with van der Waals surface area (Å²) in [4.78, 5) is 0. The van der Waals surface area contributed by atoms with Crippen molar-refractivity contribution in [2.45, 2.75) is 13.0 Å². The van der Waals surface area contributed by atoms with Gasteiger partial charge in [0, 0.05) is 11.2 Å². The Morgan fingerprint density at radius 3 is 2.71 bits per heavy atom. The van der Waals surface area contributed by atoms with E-state index in [0.29, 0.717) is 0 Å². The van der Waals surface area contributed by atoms with Crippen LogP contribution in [0.5, 0.6) is 0 Å². The maximum absolute atomic E-state index is 6.23. The lowest BCUT2D eigenvalue weighted by molar-refractivity contribution is 0.626. The summed E-state index contributed by atoms with van der Waals surface area (Å²) in [6, 6.07) is 9.85. The van der Waals surface area contributed by atoms with Crippen molar-refractivity contribution in [3.63, 3.8) is 0 Å². The highest BCUT2D eigenvalue weighted by Crippen LogP contribution is 2.27. The van der Waals surface area contributed by atoms with Gasteiger partial charge in [-0.25, -0.2) is 0 Å². The normalized spacial score (nSPS) is 12.4. The molecule has 0 fully saturated rings. The number of nitrogens with zero attached hydrogens (tertiary/aromatic N) is 2. The Morgan fingerprint density at radius 1 is 1.24 bits per heavy atom. The van der Waals surface area contributed by atoms with Gasteiger partial charge in [-0.3, -0.25) is 0 Å². The van der Waals surface area contributed by atoms with Crippen molar-refractivity contribution in [3.8, 4) is 0 Å². The minimum Gasteiger partial charge on any atom is -0.306 e. The quantitative estimate of drug-likeness (QED) is 0.903. The Hall–Kier alpha value is -1.45. The second-order valence-electron chi connectivity index (χ2n) is 3.69. The molecule has 2 aromatic rings. The minimum atomic E-state index is 0.0594. The average molecular weight is 248 g/mol. The number of rotatable bonds is 4. The van der Waals surface area contributed by atoms with Gasteiger partial charge in [0.05, 0.1) is 12.2 Å². The molecule has 0 saturated carbocycles. The zero-order valence-corrected chi connectivity index (χ0v) is 10.4. The molecule has 0 spiro atoms. The molecule has 17 heavy (non-hydrogen) atoms. The van der Waals surface area contributed by atoms with Gasteiger partial charge in [0.2, 0.25) is 0 Å². The number of hydrogen-bond donors (Lipinski definition) is 1. The molecule has 1 unspecified atom stereocenters. The van der Waals surface area contributed by atoms with E-state index in [0.717, 1.165) is 22.7 Å². The maximum Gasteiger partial charge on any atom is 0.0607 e. The molecule has 0 bridgehead atoms. The number of hydrogen-bond acceptors (Lipinski definition) is 3. The van der Waals surface area contributed by atoms with E-state index in [1.807, 2.05) is 30.3 Å². The van der Waals surface area contributed by atoms with Crippen molar-refractivity contribution >= 4 is 11.6 Å². The first-order valence-corrected chi connectivity index (χ1v) is 5.95. The zero-order valence-electron chi connectivity index (χ0n) is 9.60. The number of benzene rings is 1. The standard InChI is InChI=1S/C13H14ClN3/c1-2-15-13(10-7-8-16-17-9-10)11-5-3-4-6-12(11)14/h3-9,13,15H,2H2,1H3. The number of aromatic nitrogens is 2. The van der Waals surface area contributed by atoms with Gasteiger partial charge in [0.1, 0.15) is 0 Å². The highest BCUT2D eigenvalue weighted by molar-refractivity contribution is 6.31. The predicted octanol–water partition coefficient (Wildman–Crippen LogP) is 2.83. The molecule has 88 valence electrons. The predicted molar refractivity (Wildman–Crippen MR) is 69.0 cm³/mol. The van der Waals surface area contributed by atoms with Crippen LogP contribution in [-0.4, -0.2) is 16.7 Å². The Labute approximate surface area is 106 Å².